The summed E-state index contributed by atoms with van der Waals surface area (Å²) >= 11 is 5.22. The van der Waals surface area contributed by atoms with Crippen LogP contribution in [0.5, 0.6) is 0 Å². The van der Waals surface area contributed by atoms with Crippen molar-refractivity contribution in [2.24, 2.45) is 0 Å². The van der Waals surface area contributed by atoms with Gasteiger partial charge in [0.1, 0.15) is 0 Å². The molecule has 0 aromatic rings. The number of hydrogen-bond donors (Lipinski definition) is 0. The molecule has 0 heterocycles. The van der Waals surface area contributed by atoms with Crippen LogP contribution in [0.15, 0.2) is 0 Å². The summed E-state index contributed by atoms with van der Waals surface area (Å²) in [5, 5.41) is 7.32. The van der Waals surface area contributed by atoms with Gasteiger partial charge in [0, 0.05) is 6.92 Å². The number of rotatable bonds is 0. The van der Waals surface area contributed by atoms with E-state index in [9.17, 15) is 0 Å². The van der Waals surface area contributed by atoms with Gasteiger partial charge in [-0.3, -0.25) is 0 Å². The third-order valence-electron chi connectivity index (χ3n) is 1.75. The zero-order chi connectivity index (χ0) is 10.4. The van der Waals surface area contributed by atoms with Crippen molar-refractivity contribution in [1.82, 2.24) is 0 Å². The van der Waals surface area contributed by atoms with Crippen LogP contribution < -0.4 is 0 Å². The van der Waals surface area contributed by atoms with E-state index in [0.29, 0.717) is 11.2 Å². The molecule has 0 aromatic heterocycles. The van der Waals surface area contributed by atoms with Crippen molar-refractivity contribution in [2.75, 3.05) is 0 Å². The first-order chi connectivity index (χ1) is 6.33. The van der Waals surface area contributed by atoms with Gasteiger partial charge in [-0.05, 0) is 0 Å². The van der Waals surface area contributed by atoms with Gasteiger partial charge >= 0.3 is 49.9 Å². The van der Waals surface area contributed by atoms with Crippen molar-refractivity contribution in [1.29, 1.82) is 5.26 Å². The van der Waals surface area contributed by atoms with Gasteiger partial charge in [-0.25, -0.2) is 0 Å². The Labute approximate surface area is 112 Å². The van der Waals surface area contributed by atoms with Gasteiger partial charge in [0.25, 0.3) is 0 Å². The van der Waals surface area contributed by atoms with E-state index in [1.54, 1.807) is 6.07 Å². The molecule has 0 aromatic carbocycles. The summed E-state index contributed by atoms with van der Waals surface area (Å²) in [5.41, 5.74) is 0. The van der Waals surface area contributed by atoms with E-state index in [-0.39, 0.29) is 0 Å². The average molecular weight is 489 g/mol. The second-order valence-electron chi connectivity index (χ2n) is 2.76. The van der Waals surface area contributed by atoms with E-state index in [4.69, 9.17) is 5.26 Å². The number of hydrogen-bond acceptors (Lipinski definition) is 1. The van der Waals surface area contributed by atoms with Crippen LogP contribution in [-0.4, -0.2) is 0 Å². The first-order valence-electron chi connectivity index (χ1n) is 4.53. The Balaban J connectivity index is 0. The van der Waals surface area contributed by atoms with Gasteiger partial charge in [0.2, 0.25) is 0 Å². The molecule has 0 amide bonds. The minimum atomic E-state index is 0.410. The molecule has 0 N–H and O–H groups in total. The molecule has 0 atom stereocenters. The van der Waals surface area contributed by atoms with Crippen molar-refractivity contribution in [3.05, 3.63) is 0 Å². The van der Waals surface area contributed by atoms with Crippen LogP contribution >= 0.6 is 38.7 Å². The Morgan fingerprint density at radius 1 is 0.923 bits per heavy atom. The monoisotopic (exact) mass is 491 g/mol. The maximum atomic E-state index is 7.32. The number of halogens is 2. The molecule has 0 bridgehead atoms. The summed E-state index contributed by atoms with van der Waals surface area (Å²) in [6.45, 7) is 1.43. The van der Waals surface area contributed by atoms with Crippen molar-refractivity contribution < 1.29 is 11.2 Å². The zero-order valence-corrected chi connectivity index (χ0v) is 14.4. The fourth-order valence-corrected chi connectivity index (χ4v) is 1.24. The maximum absolute atomic E-state index is 7.32. The van der Waals surface area contributed by atoms with Crippen LogP contribution in [0.25, 0.3) is 0 Å². The van der Waals surface area contributed by atoms with Crippen molar-refractivity contribution >= 4 is 38.7 Å². The predicted molar refractivity (Wildman–Crippen MR) is 71.6 cm³/mol. The Kier molecular flexibility index (Phi) is 25.2. The predicted octanol–water partition coefficient (Wildman–Crippen LogP) is 5.03. The van der Waals surface area contributed by atoms with Crippen LogP contribution in [-0.2, 0) is 11.2 Å². The minimum absolute atomic E-state index is 0.410. The Morgan fingerprint density at radius 2 is 1.00 bits per heavy atom. The second-order valence-corrected chi connectivity index (χ2v) is 18.2. The Morgan fingerprint density at radius 3 is 1.08 bits per heavy atom. The van der Waals surface area contributed by atoms with Crippen LogP contribution in [0.4, 0.5) is 0 Å². The third-order valence-corrected chi connectivity index (χ3v) is 1.75. The molecule has 78 valence electrons. The van der Waals surface area contributed by atoms with Gasteiger partial charge in [-0.1, -0.05) is 44.9 Å². The molecule has 1 nitrogen and oxygen atoms in total. The molecule has 13 heavy (non-hydrogen) atoms. The van der Waals surface area contributed by atoms with Crippen LogP contribution in [0.3, 0.4) is 0 Å². The van der Waals surface area contributed by atoms with Crippen LogP contribution in [0.1, 0.15) is 51.9 Å². The standard InChI is InChI=1S/C7H14.C2H3N.2HI.Mo/c1-2-4-6-7-5-3-1;1-2-3;;;/h1-7H2;1H3;2*1H;/q;;;;+2/p-2. The van der Waals surface area contributed by atoms with Crippen molar-refractivity contribution in [3.8, 4) is 6.07 Å². The van der Waals surface area contributed by atoms with Gasteiger partial charge in [0.15, 0.2) is 0 Å². The summed E-state index contributed by atoms with van der Waals surface area (Å²) in [4.78, 5) is 0. The molecule has 0 spiro atoms. The molecular formula is C9H17I2MoN. The second kappa shape index (κ2) is 19.2. The summed E-state index contributed by atoms with van der Waals surface area (Å²) in [5.74, 6) is 0. The van der Waals surface area contributed by atoms with Crippen LogP contribution in [0, 0.1) is 11.3 Å². The van der Waals surface area contributed by atoms with E-state index in [1.165, 1.54) is 51.9 Å². The first-order valence-corrected chi connectivity index (χ1v) is 16.5. The van der Waals surface area contributed by atoms with Crippen LogP contribution in [0.2, 0.25) is 0 Å². The molecule has 0 saturated heterocycles. The summed E-state index contributed by atoms with van der Waals surface area (Å²) in [6.07, 6.45) is 10.5. The third kappa shape index (κ3) is 24.8. The molecule has 1 fully saturated rings. The van der Waals surface area contributed by atoms with E-state index < -0.39 is 0 Å². The van der Waals surface area contributed by atoms with Gasteiger partial charge in [-0.15, -0.1) is 0 Å². The Hall–Kier alpha value is 1.64. The van der Waals surface area contributed by atoms with E-state index >= 15 is 0 Å². The molecule has 1 saturated carbocycles. The molecule has 1 aliphatic carbocycles. The van der Waals surface area contributed by atoms with Crippen molar-refractivity contribution in [3.63, 3.8) is 0 Å². The van der Waals surface area contributed by atoms with E-state index in [2.05, 4.69) is 38.7 Å². The zero-order valence-electron chi connectivity index (χ0n) is 8.06. The molecule has 0 unspecified atom stereocenters. The van der Waals surface area contributed by atoms with Gasteiger partial charge < -0.3 is 0 Å². The number of nitrogens with zero attached hydrogens (tertiary/aromatic N) is 1. The average Bonchev–Trinajstić information content (AvgIpc) is 2.37. The van der Waals surface area contributed by atoms with Crippen molar-refractivity contribution in [2.45, 2.75) is 51.9 Å². The fourth-order valence-electron chi connectivity index (χ4n) is 1.24. The Bertz CT molecular complexity index is 95.0. The van der Waals surface area contributed by atoms with Gasteiger partial charge in [-0.2, -0.15) is 5.26 Å². The normalized spacial score (nSPS) is 14.9. The van der Waals surface area contributed by atoms with Gasteiger partial charge in [0.05, 0.1) is 6.07 Å². The van der Waals surface area contributed by atoms with E-state index in [0.717, 1.165) is 0 Å². The number of nitriles is 1. The molecule has 4 heteroatoms. The fraction of sp³-hybridized carbons (Fsp3) is 0.889. The molecule has 0 radical (unpaired) electrons. The SMILES string of the molecule is C1CCCCCC1.CC#N.[I][Mo][I]. The first kappa shape index (κ1) is 17.0. The summed E-state index contributed by atoms with van der Waals surface area (Å²) in [6, 6.07) is 1.75. The topological polar surface area (TPSA) is 23.8 Å². The quantitative estimate of drug-likeness (QED) is 0.266. The summed E-state index contributed by atoms with van der Waals surface area (Å²) in [7, 11) is 0. The van der Waals surface area contributed by atoms with E-state index in [1.807, 2.05) is 0 Å². The molecule has 1 rings (SSSR count). The molecular weight excluding hydrogens is 472 g/mol. The summed E-state index contributed by atoms with van der Waals surface area (Å²) < 4.78 is 0. The molecule has 0 aliphatic heterocycles. The molecule has 1 aliphatic rings.